The van der Waals surface area contributed by atoms with Crippen molar-refractivity contribution in [1.29, 1.82) is 0 Å². The molecule has 0 unspecified atom stereocenters. The van der Waals surface area contributed by atoms with Crippen molar-refractivity contribution >= 4 is 46.6 Å². The van der Waals surface area contributed by atoms with E-state index in [-0.39, 0.29) is 11.3 Å². The fraction of sp³-hybridized carbons (Fsp3) is 0.136. The van der Waals surface area contributed by atoms with Crippen LogP contribution in [0.4, 0.5) is 5.69 Å². The van der Waals surface area contributed by atoms with E-state index in [0.717, 1.165) is 22.6 Å². The first-order chi connectivity index (χ1) is 13.6. The van der Waals surface area contributed by atoms with Crippen LogP contribution in [0, 0.1) is 0 Å². The zero-order chi connectivity index (χ0) is 19.5. The molecule has 3 aromatic carbocycles. The van der Waals surface area contributed by atoms with E-state index < -0.39 is 0 Å². The van der Waals surface area contributed by atoms with Gasteiger partial charge in [-0.2, -0.15) is 0 Å². The second-order valence-corrected chi connectivity index (χ2v) is 8.30. The summed E-state index contributed by atoms with van der Waals surface area (Å²) in [5.41, 5.74) is 2.76. The highest BCUT2D eigenvalue weighted by Crippen LogP contribution is 2.45. The summed E-state index contributed by atoms with van der Waals surface area (Å²) in [6, 6.07) is 22.8. The van der Waals surface area contributed by atoms with Crippen LogP contribution in [0.15, 0.2) is 72.8 Å². The van der Waals surface area contributed by atoms with Gasteiger partial charge in [-0.1, -0.05) is 53.5 Å². The quantitative estimate of drug-likeness (QED) is 0.472. The molecule has 3 aromatic rings. The van der Waals surface area contributed by atoms with E-state index in [1.165, 1.54) is 0 Å². The SMILES string of the molecule is O=C1CS[C@H](c2cc(Cl)ccc2OCc2ccccc2)N1c1ccc(Cl)cc1. The number of hydrogen-bond acceptors (Lipinski definition) is 3. The molecule has 1 aliphatic rings. The summed E-state index contributed by atoms with van der Waals surface area (Å²) in [4.78, 5) is 14.4. The van der Waals surface area contributed by atoms with Crippen LogP contribution in [0.2, 0.25) is 10.0 Å². The molecular formula is C22H17Cl2NO2S. The smallest absolute Gasteiger partial charge is 0.238 e. The highest BCUT2D eigenvalue weighted by Gasteiger charge is 2.36. The normalized spacial score (nSPS) is 16.4. The van der Waals surface area contributed by atoms with E-state index in [2.05, 4.69) is 0 Å². The lowest BCUT2D eigenvalue weighted by Gasteiger charge is -2.26. The van der Waals surface area contributed by atoms with Crippen molar-refractivity contribution in [2.24, 2.45) is 0 Å². The van der Waals surface area contributed by atoms with E-state index in [0.29, 0.717) is 22.4 Å². The number of amides is 1. The first-order valence-corrected chi connectivity index (χ1v) is 10.6. The summed E-state index contributed by atoms with van der Waals surface area (Å²) in [7, 11) is 0. The molecule has 0 aromatic heterocycles. The van der Waals surface area contributed by atoms with Crippen molar-refractivity contribution in [3.8, 4) is 5.75 Å². The van der Waals surface area contributed by atoms with Crippen molar-refractivity contribution in [2.45, 2.75) is 12.0 Å². The van der Waals surface area contributed by atoms with E-state index in [1.807, 2.05) is 54.6 Å². The number of halogens is 2. The van der Waals surface area contributed by atoms with E-state index in [9.17, 15) is 4.79 Å². The van der Waals surface area contributed by atoms with Crippen LogP contribution in [0.25, 0.3) is 0 Å². The van der Waals surface area contributed by atoms with Crippen LogP contribution in [0.5, 0.6) is 5.75 Å². The number of ether oxygens (including phenoxy) is 1. The van der Waals surface area contributed by atoms with Crippen molar-refractivity contribution in [1.82, 2.24) is 0 Å². The number of anilines is 1. The molecule has 1 atom stereocenters. The van der Waals surface area contributed by atoms with Gasteiger partial charge in [-0.3, -0.25) is 9.69 Å². The molecule has 4 rings (SSSR count). The Kier molecular flexibility index (Phi) is 5.81. The summed E-state index contributed by atoms with van der Waals surface area (Å²) < 4.78 is 6.10. The molecule has 0 bridgehead atoms. The molecule has 3 nitrogen and oxygen atoms in total. The molecule has 0 spiro atoms. The van der Waals surface area contributed by atoms with Gasteiger partial charge in [-0.15, -0.1) is 11.8 Å². The highest BCUT2D eigenvalue weighted by atomic mass is 35.5. The summed E-state index contributed by atoms with van der Waals surface area (Å²) in [6.45, 7) is 0.446. The largest absolute Gasteiger partial charge is 0.489 e. The molecule has 0 N–H and O–H groups in total. The molecule has 0 aliphatic carbocycles. The lowest BCUT2D eigenvalue weighted by molar-refractivity contribution is -0.115. The second kappa shape index (κ2) is 8.48. The highest BCUT2D eigenvalue weighted by molar-refractivity contribution is 8.00. The van der Waals surface area contributed by atoms with Crippen molar-refractivity contribution in [2.75, 3.05) is 10.7 Å². The first-order valence-electron chi connectivity index (χ1n) is 8.77. The average Bonchev–Trinajstić information content (AvgIpc) is 3.10. The Bertz CT molecular complexity index is 980. The van der Waals surface area contributed by atoms with Gasteiger partial charge in [0.2, 0.25) is 5.91 Å². The van der Waals surface area contributed by atoms with Crippen LogP contribution in [-0.2, 0) is 11.4 Å². The van der Waals surface area contributed by atoms with Gasteiger partial charge in [0.1, 0.15) is 17.7 Å². The molecule has 1 heterocycles. The predicted molar refractivity (Wildman–Crippen MR) is 116 cm³/mol. The predicted octanol–water partition coefficient (Wildman–Crippen LogP) is 6.35. The minimum atomic E-state index is -0.210. The number of benzene rings is 3. The summed E-state index contributed by atoms with van der Waals surface area (Å²) in [6.07, 6.45) is 0. The molecular weight excluding hydrogens is 413 g/mol. The lowest BCUT2D eigenvalue weighted by atomic mass is 10.1. The summed E-state index contributed by atoms with van der Waals surface area (Å²) in [5, 5.41) is 1.03. The fourth-order valence-corrected chi connectivity index (χ4v) is 4.61. The lowest BCUT2D eigenvalue weighted by Crippen LogP contribution is -2.28. The Morgan fingerprint density at radius 2 is 1.68 bits per heavy atom. The van der Waals surface area contributed by atoms with Gasteiger partial charge in [-0.25, -0.2) is 0 Å². The summed E-state index contributed by atoms with van der Waals surface area (Å²) >= 11 is 13.8. The van der Waals surface area contributed by atoms with Crippen LogP contribution >= 0.6 is 35.0 Å². The number of hydrogen-bond donors (Lipinski definition) is 0. The van der Waals surface area contributed by atoms with Crippen molar-refractivity contribution in [3.63, 3.8) is 0 Å². The average molecular weight is 430 g/mol. The maximum absolute atomic E-state index is 12.6. The fourth-order valence-electron chi connectivity index (χ4n) is 3.11. The van der Waals surface area contributed by atoms with Gasteiger partial charge in [-0.05, 0) is 48.0 Å². The Morgan fingerprint density at radius 3 is 2.43 bits per heavy atom. The van der Waals surface area contributed by atoms with E-state index in [4.69, 9.17) is 27.9 Å². The van der Waals surface area contributed by atoms with Gasteiger partial charge < -0.3 is 4.74 Å². The van der Waals surface area contributed by atoms with Crippen molar-refractivity contribution < 1.29 is 9.53 Å². The molecule has 142 valence electrons. The Labute approximate surface area is 178 Å². The minimum absolute atomic E-state index is 0.0475. The molecule has 0 saturated carbocycles. The second-order valence-electron chi connectivity index (χ2n) is 6.36. The first kappa shape index (κ1) is 19.2. The number of carbonyl (C=O) groups is 1. The molecule has 1 fully saturated rings. The molecule has 1 amide bonds. The van der Waals surface area contributed by atoms with Gasteiger partial charge in [0.25, 0.3) is 0 Å². The van der Waals surface area contributed by atoms with Gasteiger partial charge >= 0.3 is 0 Å². The molecule has 1 aliphatic heterocycles. The van der Waals surface area contributed by atoms with Crippen LogP contribution in [0.1, 0.15) is 16.5 Å². The Morgan fingerprint density at radius 1 is 0.964 bits per heavy atom. The Hall–Kier alpha value is -2.14. The van der Waals surface area contributed by atoms with Crippen LogP contribution in [-0.4, -0.2) is 11.7 Å². The molecule has 1 saturated heterocycles. The number of nitrogens with zero attached hydrogens (tertiary/aromatic N) is 1. The van der Waals surface area contributed by atoms with Gasteiger partial charge in [0.05, 0.1) is 5.75 Å². The van der Waals surface area contributed by atoms with Gasteiger partial charge in [0, 0.05) is 21.3 Å². The van der Waals surface area contributed by atoms with Gasteiger partial charge in [0.15, 0.2) is 0 Å². The third-order valence-electron chi connectivity index (χ3n) is 4.45. The zero-order valence-electron chi connectivity index (χ0n) is 14.8. The topological polar surface area (TPSA) is 29.5 Å². The molecule has 28 heavy (non-hydrogen) atoms. The summed E-state index contributed by atoms with van der Waals surface area (Å²) in [5.74, 6) is 1.17. The number of carbonyl (C=O) groups excluding carboxylic acids is 1. The third kappa shape index (κ3) is 4.14. The zero-order valence-corrected chi connectivity index (χ0v) is 17.2. The maximum atomic E-state index is 12.6. The third-order valence-corrected chi connectivity index (χ3v) is 6.13. The number of thioether (sulfide) groups is 1. The minimum Gasteiger partial charge on any atom is -0.489 e. The van der Waals surface area contributed by atoms with E-state index >= 15 is 0 Å². The van der Waals surface area contributed by atoms with Crippen LogP contribution < -0.4 is 9.64 Å². The van der Waals surface area contributed by atoms with E-state index in [1.54, 1.807) is 34.9 Å². The standard InChI is InChI=1S/C22H17Cl2NO2S/c23-16-6-9-18(10-7-16)25-21(26)14-28-22(25)19-12-17(24)8-11-20(19)27-13-15-4-2-1-3-5-15/h1-12,22H,13-14H2/t22-/m1/s1. The molecule has 0 radical (unpaired) electrons. The Balaban J connectivity index is 1.65. The van der Waals surface area contributed by atoms with Crippen molar-refractivity contribution in [3.05, 3.63) is 94.0 Å². The van der Waals surface area contributed by atoms with Crippen LogP contribution in [0.3, 0.4) is 0 Å². The molecule has 6 heteroatoms. The maximum Gasteiger partial charge on any atom is 0.238 e. The number of rotatable bonds is 5. The monoisotopic (exact) mass is 429 g/mol.